The van der Waals surface area contributed by atoms with Gasteiger partial charge < -0.3 is 10.4 Å². The number of hydrogen-bond acceptors (Lipinski definition) is 6. The first-order valence-corrected chi connectivity index (χ1v) is 6.93. The van der Waals surface area contributed by atoms with Crippen LogP contribution in [0.25, 0.3) is 0 Å². The molecule has 5 nitrogen and oxygen atoms in total. The second kappa shape index (κ2) is 8.38. The first-order chi connectivity index (χ1) is 8.26. The Morgan fingerprint density at radius 2 is 2.12 bits per heavy atom. The van der Waals surface area contributed by atoms with Gasteiger partial charge in [0.15, 0.2) is 0 Å². The highest BCUT2D eigenvalue weighted by Gasteiger charge is 2.06. The molecule has 6 heteroatoms. The predicted octanol–water partition coefficient (Wildman–Crippen LogP) is 1.56. The summed E-state index contributed by atoms with van der Waals surface area (Å²) in [5.74, 6) is 0. The zero-order valence-corrected chi connectivity index (χ0v) is 11.5. The Bertz CT molecular complexity index is 305. The van der Waals surface area contributed by atoms with Gasteiger partial charge in [-0.05, 0) is 39.8 Å². The number of aliphatic hydroxyl groups is 1. The molecule has 1 aromatic rings. The summed E-state index contributed by atoms with van der Waals surface area (Å²) in [6.07, 6.45) is 3.10. The van der Waals surface area contributed by atoms with Crippen molar-refractivity contribution in [3.63, 3.8) is 0 Å². The summed E-state index contributed by atoms with van der Waals surface area (Å²) < 4.78 is 0. The minimum atomic E-state index is 0.298. The third kappa shape index (κ3) is 5.95. The van der Waals surface area contributed by atoms with E-state index in [1.165, 1.54) is 0 Å². The largest absolute Gasteiger partial charge is 0.396 e. The molecular weight excluding hydrogens is 236 g/mol. The summed E-state index contributed by atoms with van der Waals surface area (Å²) in [5, 5.41) is 22.0. The summed E-state index contributed by atoms with van der Waals surface area (Å²) in [6, 6.07) is 0. The molecule has 0 aliphatic carbocycles. The highest BCUT2D eigenvalue weighted by Crippen LogP contribution is 2.16. The fourth-order valence-electron chi connectivity index (χ4n) is 1.52. The van der Waals surface area contributed by atoms with Crippen LogP contribution in [-0.2, 0) is 6.54 Å². The van der Waals surface area contributed by atoms with Crippen LogP contribution in [0.3, 0.4) is 0 Å². The van der Waals surface area contributed by atoms with Crippen molar-refractivity contribution in [1.29, 1.82) is 0 Å². The quantitative estimate of drug-likeness (QED) is 0.658. The Morgan fingerprint density at radius 1 is 1.29 bits per heavy atom. The highest BCUT2D eigenvalue weighted by atomic mass is 32.1. The van der Waals surface area contributed by atoms with Crippen LogP contribution in [0.1, 0.15) is 31.2 Å². The number of aliphatic hydroxyl groups excluding tert-OH is 1. The molecule has 0 saturated carbocycles. The van der Waals surface area contributed by atoms with Gasteiger partial charge in [0.05, 0.1) is 6.54 Å². The summed E-state index contributed by atoms with van der Waals surface area (Å²) in [7, 11) is 2.09. The molecule has 0 aliphatic rings. The van der Waals surface area contributed by atoms with Crippen molar-refractivity contribution in [2.75, 3.05) is 32.1 Å². The van der Waals surface area contributed by atoms with Crippen LogP contribution in [0, 0.1) is 0 Å². The zero-order chi connectivity index (χ0) is 12.5. The van der Waals surface area contributed by atoms with Crippen molar-refractivity contribution in [2.24, 2.45) is 0 Å². The molecule has 0 atom stereocenters. The summed E-state index contributed by atoms with van der Waals surface area (Å²) >= 11 is 1.61. The average molecular weight is 258 g/mol. The second-order valence-corrected chi connectivity index (χ2v) is 5.12. The molecule has 1 aromatic heterocycles. The van der Waals surface area contributed by atoms with Gasteiger partial charge in [0.1, 0.15) is 5.01 Å². The normalized spacial score (nSPS) is 11.1. The van der Waals surface area contributed by atoms with E-state index in [2.05, 4.69) is 27.5 Å². The third-order valence-electron chi connectivity index (χ3n) is 2.40. The predicted molar refractivity (Wildman–Crippen MR) is 71.3 cm³/mol. The number of aromatic nitrogens is 2. The lowest BCUT2D eigenvalue weighted by atomic mass is 10.2. The van der Waals surface area contributed by atoms with E-state index in [1.807, 2.05) is 6.92 Å². The minimum absolute atomic E-state index is 0.298. The van der Waals surface area contributed by atoms with Gasteiger partial charge in [0, 0.05) is 13.2 Å². The number of nitrogens with zero attached hydrogens (tertiary/aromatic N) is 3. The Labute approximate surface area is 107 Å². The fraction of sp³-hybridized carbons (Fsp3) is 0.818. The van der Waals surface area contributed by atoms with Crippen molar-refractivity contribution >= 4 is 16.5 Å². The van der Waals surface area contributed by atoms with E-state index in [4.69, 9.17) is 5.11 Å². The molecule has 0 unspecified atom stereocenters. The van der Waals surface area contributed by atoms with Gasteiger partial charge in [-0.25, -0.2) is 0 Å². The second-order valence-electron chi connectivity index (χ2n) is 4.05. The maximum atomic E-state index is 8.68. The van der Waals surface area contributed by atoms with Crippen molar-refractivity contribution in [1.82, 2.24) is 15.1 Å². The summed E-state index contributed by atoms with van der Waals surface area (Å²) in [4.78, 5) is 2.24. The number of rotatable bonds is 9. The zero-order valence-electron chi connectivity index (χ0n) is 10.6. The topological polar surface area (TPSA) is 61.3 Å². The van der Waals surface area contributed by atoms with Crippen molar-refractivity contribution in [3.05, 3.63) is 5.01 Å². The standard InChI is InChI=1S/C11H22N4OS/c1-3-12-11-14-13-10(17-11)9-15(2)7-5-4-6-8-16/h16H,3-9H2,1-2H3,(H,12,14). The SMILES string of the molecule is CCNc1nnc(CN(C)CCCCCO)s1. The Morgan fingerprint density at radius 3 is 2.82 bits per heavy atom. The molecule has 0 aliphatic heterocycles. The molecule has 0 spiro atoms. The molecule has 1 heterocycles. The number of anilines is 1. The molecule has 0 bridgehead atoms. The van der Waals surface area contributed by atoms with Crippen LogP contribution in [0.15, 0.2) is 0 Å². The molecule has 17 heavy (non-hydrogen) atoms. The van der Waals surface area contributed by atoms with Crippen molar-refractivity contribution in [3.8, 4) is 0 Å². The van der Waals surface area contributed by atoms with Crippen LogP contribution in [0.4, 0.5) is 5.13 Å². The maximum absolute atomic E-state index is 8.68. The molecule has 0 aromatic carbocycles. The van der Waals surface area contributed by atoms with Crippen LogP contribution in [0.5, 0.6) is 0 Å². The molecule has 1 rings (SSSR count). The van der Waals surface area contributed by atoms with Gasteiger partial charge in [0.2, 0.25) is 5.13 Å². The van der Waals surface area contributed by atoms with E-state index in [-0.39, 0.29) is 0 Å². The molecule has 0 fully saturated rings. The van der Waals surface area contributed by atoms with Gasteiger partial charge in [0.25, 0.3) is 0 Å². The number of unbranched alkanes of at least 4 members (excludes halogenated alkanes) is 2. The first kappa shape index (κ1) is 14.3. The van der Waals surface area contributed by atoms with E-state index in [9.17, 15) is 0 Å². The van der Waals surface area contributed by atoms with E-state index < -0.39 is 0 Å². The highest BCUT2D eigenvalue weighted by molar-refractivity contribution is 7.15. The van der Waals surface area contributed by atoms with Crippen LogP contribution >= 0.6 is 11.3 Å². The van der Waals surface area contributed by atoms with Gasteiger partial charge >= 0.3 is 0 Å². The lowest BCUT2D eigenvalue weighted by molar-refractivity contribution is 0.271. The molecule has 98 valence electrons. The first-order valence-electron chi connectivity index (χ1n) is 6.12. The molecule has 0 amide bonds. The molecular formula is C11H22N4OS. The Kier molecular flexibility index (Phi) is 7.07. The average Bonchev–Trinajstić information content (AvgIpc) is 2.73. The third-order valence-corrected chi connectivity index (χ3v) is 3.26. The van der Waals surface area contributed by atoms with Crippen LogP contribution in [0.2, 0.25) is 0 Å². The van der Waals surface area contributed by atoms with Crippen LogP contribution < -0.4 is 5.32 Å². The van der Waals surface area contributed by atoms with Crippen molar-refractivity contribution < 1.29 is 5.11 Å². The van der Waals surface area contributed by atoms with E-state index in [0.29, 0.717) is 6.61 Å². The molecule has 2 N–H and O–H groups in total. The lowest BCUT2D eigenvalue weighted by Crippen LogP contribution is -2.19. The maximum Gasteiger partial charge on any atom is 0.205 e. The van der Waals surface area contributed by atoms with E-state index >= 15 is 0 Å². The van der Waals surface area contributed by atoms with Gasteiger partial charge in [-0.15, -0.1) is 10.2 Å². The van der Waals surface area contributed by atoms with E-state index in [1.54, 1.807) is 11.3 Å². The van der Waals surface area contributed by atoms with Gasteiger partial charge in [-0.2, -0.15) is 0 Å². The monoisotopic (exact) mass is 258 g/mol. The molecule has 0 saturated heterocycles. The summed E-state index contributed by atoms with van der Waals surface area (Å²) in [5.41, 5.74) is 0. The fourth-order valence-corrected chi connectivity index (χ4v) is 2.41. The van der Waals surface area contributed by atoms with Gasteiger partial charge in [-0.1, -0.05) is 11.3 Å². The minimum Gasteiger partial charge on any atom is -0.396 e. The van der Waals surface area contributed by atoms with Crippen molar-refractivity contribution in [2.45, 2.75) is 32.7 Å². The summed E-state index contributed by atoms with van der Waals surface area (Å²) in [6.45, 7) is 5.12. The Balaban J connectivity index is 2.22. The molecule has 0 radical (unpaired) electrons. The smallest absolute Gasteiger partial charge is 0.205 e. The number of nitrogens with one attached hydrogen (secondary N) is 1. The van der Waals surface area contributed by atoms with Gasteiger partial charge in [-0.3, -0.25) is 4.90 Å². The van der Waals surface area contributed by atoms with E-state index in [0.717, 1.165) is 49.0 Å². The Hall–Kier alpha value is -0.720. The lowest BCUT2D eigenvalue weighted by Gasteiger charge is -2.13. The van der Waals surface area contributed by atoms with Crippen LogP contribution in [-0.4, -0.2) is 46.9 Å². The number of hydrogen-bond donors (Lipinski definition) is 2.